The molecule has 0 saturated carbocycles. The fourth-order valence-electron chi connectivity index (χ4n) is 4.01. The Kier molecular flexibility index (Phi) is 9.21. The molecule has 0 fully saturated rings. The van der Waals surface area contributed by atoms with Crippen molar-refractivity contribution in [3.05, 3.63) is 120 Å². The normalized spacial score (nSPS) is 12.8. The largest absolute Gasteiger partial charge is 0.374 e. The van der Waals surface area contributed by atoms with Crippen LogP contribution in [0, 0.1) is 0 Å². The quantitative estimate of drug-likeness (QED) is 0.235. The summed E-state index contributed by atoms with van der Waals surface area (Å²) in [6.07, 6.45) is 3.09. The number of nitrogens with one attached hydrogen (secondary N) is 2. The van der Waals surface area contributed by atoms with E-state index in [1.165, 1.54) is 6.33 Å². The predicted octanol–water partition coefficient (Wildman–Crippen LogP) is 3.73. The van der Waals surface area contributed by atoms with Gasteiger partial charge in [-0.3, -0.25) is 14.4 Å². The molecule has 0 saturated heterocycles. The number of carbonyl (C=O) groups excluding carboxylic acids is 3. The van der Waals surface area contributed by atoms with E-state index in [2.05, 4.69) is 15.6 Å². The van der Waals surface area contributed by atoms with Crippen LogP contribution in [-0.2, 0) is 20.9 Å². The van der Waals surface area contributed by atoms with Crippen LogP contribution >= 0.6 is 0 Å². The Bertz CT molecular complexity index is 1420. The highest BCUT2D eigenvalue weighted by Crippen LogP contribution is 2.24. The van der Waals surface area contributed by atoms with Crippen molar-refractivity contribution >= 4 is 23.4 Å². The van der Waals surface area contributed by atoms with Gasteiger partial charge in [-0.2, -0.15) is 0 Å². The van der Waals surface area contributed by atoms with Gasteiger partial charge in [0.2, 0.25) is 5.91 Å². The van der Waals surface area contributed by atoms with Gasteiger partial charge in [0.25, 0.3) is 5.91 Å². The first-order chi connectivity index (χ1) is 19.2. The van der Waals surface area contributed by atoms with Gasteiger partial charge >= 0.3 is 0 Å². The maximum Gasteiger partial charge on any atom is 0.250 e. The van der Waals surface area contributed by atoms with Crippen LogP contribution in [0.4, 0.5) is 5.82 Å². The van der Waals surface area contributed by atoms with E-state index in [0.717, 1.165) is 11.1 Å². The average molecular weight is 540 g/mol. The number of rotatable bonds is 12. The van der Waals surface area contributed by atoms with E-state index in [-0.39, 0.29) is 24.8 Å². The molecular weight excluding hydrogens is 506 g/mol. The number of nitrogens with two attached hydrogens (primary N) is 1. The molecule has 4 N–H and O–H groups in total. The summed E-state index contributed by atoms with van der Waals surface area (Å²) in [6, 6.07) is 26.1. The van der Waals surface area contributed by atoms with E-state index in [1.54, 1.807) is 36.7 Å². The van der Waals surface area contributed by atoms with Crippen LogP contribution in [0.5, 0.6) is 0 Å². The van der Waals surface area contributed by atoms with Gasteiger partial charge < -0.3 is 25.7 Å². The van der Waals surface area contributed by atoms with Crippen LogP contribution in [-0.4, -0.2) is 45.3 Å². The number of hydrogen-bond acceptors (Lipinski definition) is 6. The summed E-state index contributed by atoms with van der Waals surface area (Å²) in [6.45, 7) is 3.29. The van der Waals surface area contributed by atoms with Crippen molar-refractivity contribution in [1.82, 2.24) is 14.9 Å². The third-order valence-corrected chi connectivity index (χ3v) is 6.18. The van der Waals surface area contributed by atoms with Crippen LogP contribution in [0.15, 0.2) is 104 Å². The van der Waals surface area contributed by atoms with Crippen LogP contribution in [0.1, 0.15) is 41.4 Å². The molecule has 0 spiro atoms. The number of aromatic nitrogens is 2. The maximum atomic E-state index is 13.5. The molecule has 4 aromatic rings. The number of carbonyl (C=O) groups is 3. The van der Waals surface area contributed by atoms with Gasteiger partial charge in [0.05, 0.1) is 25.1 Å². The zero-order valence-electron chi connectivity index (χ0n) is 22.5. The highest BCUT2D eigenvalue weighted by atomic mass is 16.5. The van der Waals surface area contributed by atoms with E-state index in [0.29, 0.717) is 5.56 Å². The standard InChI is InChI=1S/C31H33N5O4/c1-31(2,32)30(39)34-25(20-40-19-22-12-6-3-7-13-22)29(38)35-26-18-36(21-33-26)27(23-14-8-4-9-15-23)28(37)24-16-10-5-11-17-24/h3-18,21,25,27H,19-20,32H2,1-2H3,(H,34,39)(H,35,38)/t25-,27?/m1/s1. The van der Waals surface area contributed by atoms with Crippen LogP contribution < -0.4 is 16.4 Å². The van der Waals surface area contributed by atoms with E-state index in [1.807, 2.05) is 78.9 Å². The molecular formula is C31H33N5O4. The molecule has 0 radical (unpaired) electrons. The van der Waals surface area contributed by atoms with Gasteiger partial charge in [-0.05, 0) is 25.0 Å². The fraction of sp³-hybridized carbons (Fsp3) is 0.226. The Morgan fingerprint density at radius 3 is 2.15 bits per heavy atom. The molecule has 9 heteroatoms. The Hall–Kier alpha value is -4.60. The smallest absolute Gasteiger partial charge is 0.250 e. The van der Waals surface area contributed by atoms with E-state index >= 15 is 0 Å². The number of anilines is 1. The number of ether oxygens (including phenoxy) is 1. The molecule has 0 aliphatic carbocycles. The first-order valence-electron chi connectivity index (χ1n) is 12.9. The Labute approximate surface area is 233 Å². The molecule has 1 unspecified atom stereocenters. The lowest BCUT2D eigenvalue weighted by molar-refractivity contribution is -0.130. The third-order valence-electron chi connectivity index (χ3n) is 6.18. The summed E-state index contributed by atoms with van der Waals surface area (Å²) < 4.78 is 7.40. The van der Waals surface area contributed by atoms with Gasteiger partial charge in [0.15, 0.2) is 11.6 Å². The molecule has 3 aromatic carbocycles. The first-order valence-corrected chi connectivity index (χ1v) is 12.9. The second-order valence-corrected chi connectivity index (χ2v) is 9.99. The van der Waals surface area contributed by atoms with Gasteiger partial charge in [-0.15, -0.1) is 0 Å². The van der Waals surface area contributed by atoms with Crippen molar-refractivity contribution in [2.75, 3.05) is 11.9 Å². The van der Waals surface area contributed by atoms with Crippen LogP contribution in [0.25, 0.3) is 0 Å². The second kappa shape index (κ2) is 13.0. The van der Waals surface area contributed by atoms with E-state index in [4.69, 9.17) is 10.5 Å². The van der Waals surface area contributed by atoms with Crippen molar-refractivity contribution < 1.29 is 19.1 Å². The molecule has 40 heavy (non-hydrogen) atoms. The SMILES string of the molecule is CC(C)(N)C(=O)N[C@H](COCc1ccccc1)C(=O)Nc1cn(C(C(=O)c2ccccc2)c2ccccc2)cn1. The summed E-state index contributed by atoms with van der Waals surface area (Å²) in [4.78, 5) is 43.7. The number of ketones is 1. The van der Waals surface area contributed by atoms with Crippen LogP contribution in [0.3, 0.4) is 0 Å². The number of benzene rings is 3. The Morgan fingerprint density at radius 1 is 0.925 bits per heavy atom. The average Bonchev–Trinajstić information content (AvgIpc) is 3.41. The lowest BCUT2D eigenvalue weighted by atomic mass is 9.97. The molecule has 0 aliphatic rings. The molecule has 2 amide bonds. The molecule has 2 atom stereocenters. The third kappa shape index (κ3) is 7.49. The van der Waals surface area contributed by atoms with Gasteiger partial charge in [0.1, 0.15) is 12.1 Å². The van der Waals surface area contributed by atoms with Crippen molar-refractivity contribution in [2.24, 2.45) is 5.73 Å². The number of hydrogen-bond donors (Lipinski definition) is 3. The minimum Gasteiger partial charge on any atom is -0.374 e. The second-order valence-electron chi connectivity index (χ2n) is 9.99. The summed E-state index contributed by atoms with van der Waals surface area (Å²) in [7, 11) is 0. The minimum atomic E-state index is -1.19. The van der Waals surface area contributed by atoms with Crippen molar-refractivity contribution in [3.8, 4) is 0 Å². The highest BCUT2D eigenvalue weighted by molar-refractivity contribution is 6.01. The van der Waals surface area contributed by atoms with Crippen molar-refractivity contribution in [1.29, 1.82) is 0 Å². The summed E-state index contributed by atoms with van der Waals surface area (Å²) >= 11 is 0. The van der Waals surface area contributed by atoms with Crippen LogP contribution in [0.2, 0.25) is 0 Å². The predicted molar refractivity (Wildman–Crippen MR) is 153 cm³/mol. The topological polar surface area (TPSA) is 128 Å². The number of imidazole rings is 1. The highest BCUT2D eigenvalue weighted by Gasteiger charge is 2.29. The monoisotopic (exact) mass is 539 g/mol. The number of Topliss-reactive ketones (excluding diaryl/α,β-unsaturated/α-hetero) is 1. The molecule has 9 nitrogen and oxygen atoms in total. The Morgan fingerprint density at radius 2 is 1.52 bits per heavy atom. The molecule has 0 aliphatic heterocycles. The van der Waals surface area contributed by atoms with Gasteiger partial charge in [0, 0.05) is 11.8 Å². The first kappa shape index (κ1) is 28.4. The summed E-state index contributed by atoms with van der Waals surface area (Å²) in [5.41, 5.74) is 7.00. The summed E-state index contributed by atoms with van der Waals surface area (Å²) in [5, 5.41) is 5.40. The maximum absolute atomic E-state index is 13.5. The molecule has 4 rings (SSSR count). The zero-order chi connectivity index (χ0) is 28.5. The van der Waals surface area contributed by atoms with E-state index < -0.39 is 29.4 Å². The summed E-state index contributed by atoms with van der Waals surface area (Å²) in [5.74, 6) is -0.923. The number of nitrogens with zero attached hydrogens (tertiary/aromatic N) is 2. The lowest BCUT2D eigenvalue weighted by Crippen LogP contribution is -2.56. The van der Waals surface area contributed by atoms with Crippen molar-refractivity contribution in [2.45, 2.75) is 38.1 Å². The molecule has 206 valence electrons. The Balaban J connectivity index is 1.52. The number of amides is 2. The van der Waals surface area contributed by atoms with E-state index in [9.17, 15) is 14.4 Å². The molecule has 0 bridgehead atoms. The van der Waals surface area contributed by atoms with Gasteiger partial charge in [-0.1, -0.05) is 91.0 Å². The minimum absolute atomic E-state index is 0.0810. The van der Waals surface area contributed by atoms with Gasteiger partial charge in [-0.25, -0.2) is 4.98 Å². The fourth-order valence-corrected chi connectivity index (χ4v) is 4.01. The zero-order valence-corrected chi connectivity index (χ0v) is 22.5. The molecule has 1 heterocycles. The molecule has 1 aromatic heterocycles. The van der Waals surface area contributed by atoms with Crippen molar-refractivity contribution in [3.63, 3.8) is 0 Å². The lowest BCUT2D eigenvalue weighted by Gasteiger charge is -2.23.